The number of likely N-dealkylation sites (N-methyl/N-ethyl adjacent to an activating group) is 1. The van der Waals surface area contributed by atoms with Crippen molar-refractivity contribution in [3.05, 3.63) is 46.5 Å². The lowest BCUT2D eigenvalue weighted by Crippen LogP contribution is -2.63. The summed E-state index contributed by atoms with van der Waals surface area (Å²) in [5, 5.41) is 14.4. The number of amides is 3. The predicted molar refractivity (Wildman–Crippen MR) is 177 cm³/mol. The van der Waals surface area contributed by atoms with E-state index < -0.39 is 65.7 Å². The molecule has 0 radical (unpaired) electrons. The van der Waals surface area contributed by atoms with E-state index in [2.05, 4.69) is 5.32 Å². The molecule has 0 aromatic heterocycles. The Hall–Kier alpha value is -3.65. The molecule has 14 heteroatoms. The van der Waals surface area contributed by atoms with Gasteiger partial charge in [-0.2, -0.15) is 0 Å². The van der Waals surface area contributed by atoms with Crippen molar-refractivity contribution in [1.82, 2.24) is 10.2 Å². The van der Waals surface area contributed by atoms with Crippen molar-refractivity contribution in [2.24, 2.45) is 5.92 Å². The SMILES string of the molecule is COc1cc2cc(c1Cl)N(C)C(=O)C[C@H](OC(=O)[C@H](C)N(C)C(C)=O)[C@]1(C)O[C@H]1[C@H](C)[C@@H]1C[C@@](O)(NC(=O)O1)[C@H](OC)/C=C/C=C(\C)C2. The first-order valence-electron chi connectivity index (χ1n) is 15.8. The van der Waals surface area contributed by atoms with Crippen LogP contribution in [0.5, 0.6) is 5.75 Å². The molecule has 1 aromatic rings. The second-order valence-corrected chi connectivity index (χ2v) is 13.4. The van der Waals surface area contributed by atoms with Crippen LogP contribution in [-0.4, -0.2) is 104 Å². The number of nitrogens with one attached hydrogen (secondary N) is 1. The first-order chi connectivity index (χ1) is 22.4. The number of methoxy groups -OCH3 is 2. The second kappa shape index (κ2) is 14.5. The number of allylic oxidation sites excluding steroid dienone is 3. The fourth-order valence-corrected chi connectivity index (χ4v) is 6.59. The van der Waals surface area contributed by atoms with Crippen LogP contribution in [0.15, 0.2) is 35.9 Å². The van der Waals surface area contributed by atoms with Gasteiger partial charge < -0.3 is 38.6 Å². The van der Waals surface area contributed by atoms with Crippen molar-refractivity contribution in [3.63, 3.8) is 0 Å². The van der Waals surface area contributed by atoms with Crippen LogP contribution < -0.4 is 15.0 Å². The molecular weight excluding hydrogens is 646 g/mol. The zero-order valence-electron chi connectivity index (χ0n) is 28.9. The molecule has 2 fully saturated rings. The van der Waals surface area contributed by atoms with Crippen molar-refractivity contribution >= 4 is 41.2 Å². The van der Waals surface area contributed by atoms with Crippen LogP contribution in [0.4, 0.5) is 10.5 Å². The molecule has 0 unspecified atom stereocenters. The van der Waals surface area contributed by atoms with Crippen molar-refractivity contribution < 1.29 is 48.0 Å². The Kier molecular flexibility index (Phi) is 11.2. The fourth-order valence-electron chi connectivity index (χ4n) is 6.27. The summed E-state index contributed by atoms with van der Waals surface area (Å²) in [6.07, 6.45) is 1.02. The number of hydrogen-bond donors (Lipinski definition) is 2. The van der Waals surface area contributed by atoms with Crippen LogP contribution in [0.25, 0.3) is 0 Å². The van der Waals surface area contributed by atoms with Gasteiger partial charge in [0.15, 0.2) is 5.72 Å². The molecule has 264 valence electrons. The van der Waals surface area contributed by atoms with E-state index in [0.29, 0.717) is 17.9 Å². The Bertz CT molecular complexity index is 1500. The lowest BCUT2D eigenvalue weighted by atomic mass is 9.83. The Balaban J connectivity index is 1.80. The lowest BCUT2D eigenvalue weighted by Gasteiger charge is -2.42. The van der Waals surface area contributed by atoms with Gasteiger partial charge in [-0.25, -0.2) is 9.59 Å². The number of nitrogens with zero attached hydrogens (tertiary/aromatic N) is 2. The summed E-state index contributed by atoms with van der Waals surface area (Å²) in [6, 6.07) is 2.63. The number of ether oxygens (including phenoxy) is 5. The van der Waals surface area contributed by atoms with Crippen LogP contribution >= 0.6 is 11.6 Å². The minimum absolute atomic E-state index is 0.0436. The minimum Gasteiger partial charge on any atom is -0.495 e. The predicted octanol–water partition coefficient (Wildman–Crippen LogP) is 3.53. The summed E-state index contributed by atoms with van der Waals surface area (Å²) in [5.74, 6) is -1.63. The first-order valence-corrected chi connectivity index (χ1v) is 16.2. The highest BCUT2D eigenvalue weighted by atomic mass is 35.5. The van der Waals surface area contributed by atoms with Crippen LogP contribution in [0.2, 0.25) is 5.02 Å². The lowest BCUT2D eigenvalue weighted by molar-refractivity contribution is -0.161. The van der Waals surface area contributed by atoms with E-state index in [-0.39, 0.29) is 23.8 Å². The maximum atomic E-state index is 14.0. The molecule has 2 N–H and O–H groups in total. The third kappa shape index (κ3) is 7.64. The van der Waals surface area contributed by atoms with Crippen molar-refractivity contribution in [2.75, 3.05) is 33.2 Å². The highest BCUT2D eigenvalue weighted by Crippen LogP contribution is 2.49. The van der Waals surface area contributed by atoms with Crippen LogP contribution in [0.1, 0.15) is 53.0 Å². The zero-order valence-corrected chi connectivity index (χ0v) is 29.6. The van der Waals surface area contributed by atoms with E-state index in [9.17, 15) is 24.3 Å². The molecule has 3 heterocycles. The fraction of sp³-hybridized carbons (Fsp3) is 0.588. The summed E-state index contributed by atoms with van der Waals surface area (Å²) in [6.45, 7) is 8.29. The van der Waals surface area contributed by atoms with Gasteiger partial charge in [-0.1, -0.05) is 42.3 Å². The largest absolute Gasteiger partial charge is 0.495 e. The molecule has 4 bridgehead atoms. The van der Waals surface area contributed by atoms with Gasteiger partial charge in [0.25, 0.3) is 0 Å². The third-order valence-corrected chi connectivity index (χ3v) is 10.0. The topological polar surface area (TPSA) is 156 Å². The van der Waals surface area contributed by atoms with Crippen molar-refractivity contribution in [1.29, 1.82) is 0 Å². The van der Waals surface area contributed by atoms with E-state index in [0.717, 1.165) is 11.1 Å². The van der Waals surface area contributed by atoms with E-state index in [1.807, 2.05) is 13.0 Å². The number of halogens is 1. The van der Waals surface area contributed by atoms with Gasteiger partial charge in [0.2, 0.25) is 11.8 Å². The molecule has 3 aliphatic heterocycles. The van der Waals surface area contributed by atoms with Crippen molar-refractivity contribution in [2.45, 2.75) is 95.7 Å². The summed E-state index contributed by atoms with van der Waals surface area (Å²) >= 11 is 6.71. The van der Waals surface area contributed by atoms with E-state index >= 15 is 0 Å². The monoisotopic (exact) mass is 691 g/mol. The average Bonchev–Trinajstić information content (AvgIpc) is 3.73. The van der Waals surface area contributed by atoms with Gasteiger partial charge in [-0.3, -0.25) is 14.9 Å². The maximum Gasteiger partial charge on any atom is 0.409 e. The van der Waals surface area contributed by atoms with Crippen LogP contribution in [0.3, 0.4) is 0 Å². The van der Waals surface area contributed by atoms with Gasteiger partial charge in [-0.15, -0.1) is 0 Å². The molecule has 0 saturated carbocycles. The van der Waals surface area contributed by atoms with Gasteiger partial charge in [0.05, 0.1) is 25.3 Å². The highest BCUT2D eigenvalue weighted by molar-refractivity contribution is 6.35. The molecule has 0 aliphatic carbocycles. The molecule has 48 heavy (non-hydrogen) atoms. The van der Waals surface area contributed by atoms with E-state index in [1.54, 1.807) is 45.2 Å². The number of rotatable bonds is 5. The molecule has 2 saturated heterocycles. The minimum atomic E-state index is -1.81. The Morgan fingerprint density at radius 3 is 2.56 bits per heavy atom. The number of esters is 1. The summed E-state index contributed by atoms with van der Waals surface area (Å²) in [4.78, 5) is 54.7. The van der Waals surface area contributed by atoms with Gasteiger partial charge in [0.1, 0.15) is 40.7 Å². The molecule has 3 amide bonds. The van der Waals surface area contributed by atoms with Crippen LogP contribution in [-0.2, 0) is 39.8 Å². The average molecular weight is 692 g/mol. The van der Waals surface area contributed by atoms with Gasteiger partial charge in [0, 0.05) is 40.5 Å². The molecular formula is C34H46ClN3O10. The van der Waals surface area contributed by atoms with Crippen LogP contribution in [0, 0.1) is 5.92 Å². The molecule has 0 spiro atoms. The summed E-state index contributed by atoms with van der Waals surface area (Å²) in [7, 11) is 5.97. The summed E-state index contributed by atoms with van der Waals surface area (Å²) in [5.41, 5.74) is -0.871. The number of hydrogen-bond acceptors (Lipinski definition) is 10. The second-order valence-electron chi connectivity index (χ2n) is 13.0. The highest BCUT2D eigenvalue weighted by Gasteiger charge is 2.64. The van der Waals surface area contributed by atoms with Gasteiger partial charge in [-0.05, 0) is 44.9 Å². The van der Waals surface area contributed by atoms with Crippen molar-refractivity contribution in [3.8, 4) is 5.75 Å². The zero-order chi connectivity index (χ0) is 35.7. The normalized spacial score (nSPS) is 33.2. The molecule has 1 aromatic carbocycles. The Labute approximate surface area is 286 Å². The number of carbonyl (C=O) groups is 4. The molecule has 8 atom stereocenters. The summed E-state index contributed by atoms with van der Waals surface area (Å²) < 4.78 is 28.9. The first kappa shape index (κ1) is 37.2. The number of carbonyl (C=O) groups excluding carboxylic acids is 4. The van der Waals surface area contributed by atoms with E-state index in [1.165, 1.54) is 44.9 Å². The number of alkyl carbamates (subject to hydrolysis) is 1. The van der Waals surface area contributed by atoms with Gasteiger partial charge >= 0.3 is 12.1 Å². The molecule has 4 rings (SSSR count). The maximum absolute atomic E-state index is 14.0. The number of fused-ring (bicyclic) bond motifs is 5. The van der Waals surface area contributed by atoms with E-state index in [4.69, 9.17) is 35.3 Å². The molecule has 13 nitrogen and oxygen atoms in total. The Morgan fingerprint density at radius 2 is 1.94 bits per heavy atom. The number of anilines is 1. The third-order valence-electron chi connectivity index (χ3n) is 9.63. The number of benzene rings is 1. The Morgan fingerprint density at radius 1 is 1.25 bits per heavy atom. The quantitative estimate of drug-likeness (QED) is 0.346. The number of aliphatic hydroxyl groups is 1. The smallest absolute Gasteiger partial charge is 0.409 e. The molecule has 3 aliphatic rings. The standard InChI is InChI=1S/C34H46ClN3O10/c1-18-11-10-12-26(45-9)34(43)17-25(46-32(42)36-34)19(2)30-33(5,48-30)27(47-31(41)20(3)37(6)21(4)39)16-28(40)38(7)23-14-22(13-18)15-24(44-8)29(23)35/h10-12,14-15,19-20,25-27,30,43H,13,16-17H2,1-9H3,(H,36,42)/b12-10+,18-11+/t19-,20+,25+,26-,27+,30+,33+,34+/m1/s1. The number of epoxide rings is 1.